The third kappa shape index (κ3) is 3.50. The lowest BCUT2D eigenvalue weighted by atomic mass is 10.2. The van der Waals surface area contributed by atoms with Crippen molar-refractivity contribution >= 4 is 12.1 Å². The number of carbonyl (C=O) groups excluding carboxylic acids is 1. The molecule has 6 nitrogen and oxygen atoms in total. The van der Waals surface area contributed by atoms with Crippen LogP contribution < -0.4 is 5.43 Å². The Kier molecular flexibility index (Phi) is 4.47. The van der Waals surface area contributed by atoms with Gasteiger partial charge in [-0.25, -0.2) is 9.82 Å². The predicted octanol–water partition coefficient (Wildman–Crippen LogP) is 3.29. The molecule has 0 saturated carbocycles. The van der Waals surface area contributed by atoms with Crippen LogP contribution >= 0.6 is 0 Å². The van der Waals surface area contributed by atoms with Crippen LogP contribution in [0.25, 0.3) is 5.82 Å². The van der Waals surface area contributed by atoms with Gasteiger partial charge in [0.15, 0.2) is 5.82 Å². The number of nitrogens with one attached hydrogen (secondary N) is 1. The maximum Gasteiger partial charge on any atom is 0.271 e. The maximum atomic E-state index is 12.9. The molecule has 1 aromatic carbocycles. The van der Waals surface area contributed by atoms with Crippen LogP contribution in [0.2, 0.25) is 0 Å². The minimum absolute atomic E-state index is 0.335. The van der Waals surface area contributed by atoms with E-state index in [4.69, 9.17) is 4.52 Å². The van der Waals surface area contributed by atoms with Crippen molar-refractivity contribution in [3.8, 4) is 5.82 Å². The van der Waals surface area contributed by atoms with Crippen molar-refractivity contribution in [2.24, 2.45) is 5.10 Å². The molecule has 0 spiro atoms. The van der Waals surface area contributed by atoms with Crippen molar-refractivity contribution < 1.29 is 13.7 Å². The number of aromatic nitrogens is 2. The third-order valence-electron chi connectivity index (χ3n) is 3.79. The van der Waals surface area contributed by atoms with Gasteiger partial charge in [-0.15, -0.1) is 0 Å². The summed E-state index contributed by atoms with van der Waals surface area (Å²) in [4.78, 5) is 12.0. The van der Waals surface area contributed by atoms with Crippen molar-refractivity contribution in [3.63, 3.8) is 0 Å². The first-order chi connectivity index (χ1) is 12.0. The van der Waals surface area contributed by atoms with Crippen LogP contribution in [0.1, 0.15) is 33.1 Å². The number of hydrogen-bond acceptors (Lipinski definition) is 4. The molecule has 3 aromatic rings. The largest absolute Gasteiger partial charge is 0.360 e. The van der Waals surface area contributed by atoms with Crippen LogP contribution in [0.5, 0.6) is 0 Å². The van der Waals surface area contributed by atoms with E-state index in [1.165, 1.54) is 24.3 Å². The molecule has 0 atom stereocenters. The summed E-state index contributed by atoms with van der Waals surface area (Å²) in [6.07, 6.45) is 1.56. The number of carbonyl (C=O) groups is 1. The van der Waals surface area contributed by atoms with E-state index in [1.54, 1.807) is 6.21 Å². The van der Waals surface area contributed by atoms with Gasteiger partial charge in [0.1, 0.15) is 11.6 Å². The fourth-order valence-corrected chi connectivity index (χ4v) is 2.56. The van der Waals surface area contributed by atoms with E-state index in [-0.39, 0.29) is 0 Å². The van der Waals surface area contributed by atoms with Crippen LogP contribution in [0.4, 0.5) is 4.39 Å². The van der Waals surface area contributed by atoms with Gasteiger partial charge in [-0.1, -0.05) is 5.16 Å². The molecular weight excluding hydrogens is 323 g/mol. The lowest BCUT2D eigenvalue weighted by Gasteiger charge is -2.03. The molecule has 2 aromatic heterocycles. The molecule has 0 saturated heterocycles. The van der Waals surface area contributed by atoms with Crippen LogP contribution in [0, 0.1) is 26.6 Å². The maximum absolute atomic E-state index is 12.9. The minimum atomic E-state index is -0.405. The van der Waals surface area contributed by atoms with Gasteiger partial charge in [0.25, 0.3) is 5.91 Å². The monoisotopic (exact) mass is 340 g/mol. The summed E-state index contributed by atoms with van der Waals surface area (Å²) >= 11 is 0. The molecule has 0 radical (unpaired) electrons. The molecule has 0 aliphatic rings. The molecule has 0 unspecified atom stereocenters. The van der Waals surface area contributed by atoms with Crippen molar-refractivity contribution in [3.05, 3.63) is 70.5 Å². The molecule has 2 heterocycles. The first-order valence-corrected chi connectivity index (χ1v) is 7.67. The highest BCUT2D eigenvalue weighted by Gasteiger charge is 2.12. The summed E-state index contributed by atoms with van der Waals surface area (Å²) in [7, 11) is 0. The zero-order valence-electron chi connectivity index (χ0n) is 14.1. The fourth-order valence-electron chi connectivity index (χ4n) is 2.56. The fraction of sp³-hybridized carbons (Fsp3) is 0.167. The standard InChI is InChI=1S/C18H17FN4O2/c1-11-8-15(13(3)23(11)17-9-12(2)25-22-17)10-20-21-18(24)14-4-6-16(19)7-5-14/h4-10H,1-3H3,(H,21,24)/b20-10-. The Morgan fingerprint density at radius 2 is 1.96 bits per heavy atom. The summed E-state index contributed by atoms with van der Waals surface area (Å²) in [5.41, 5.74) is 5.50. The topological polar surface area (TPSA) is 72.4 Å². The number of halogens is 1. The first kappa shape index (κ1) is 16.6. The van der Waals surface area contributed by atoms with Gasteiger partial charge < -0.3 is 4.52 Å². The second kappa shape index (κ2) is 6.72. The molecule has 25 heavy (non-hydrogen) atoms. The minimum Gasteiger partial charge on any atom is -0.360 e. The van der Waals surface area contributed by atoms with E-state index < -0.39 is 11.7 Å². The summed E-state index contributed by atoms with van der Waals surface area (Å²) in [5, 5.41) is 8.00. The number of hydrazone groups is 1. The molecule has 1 amide bonds. The van der Waals surface area contributed by atoms with Crippen molar-refractivity contribution in [2.45, 2.75) is 20.8 Å². The normalized spacial score (nSPS) is 11.2. The van der Waals surface area contributed by atoms with Gasteiger partial charge in [0.05, 0.1) is 6.21 Å². The highest BCUT2D eigenvalue weighted by Crippen LogP contribution is 2.19. The molecule has 0 fully saturated rings. The molecule has 1 N–H and O–H groups in total. The summed E-state index contributed by atoms with van der Waals surface area (Å²) in [6.45, 7) is 5.71. The molecule has 7 heteroatoms. The third-order valence-corrected chi connectivity index (χ3v) is 3.79. The molecular formula is C18H17FN4O2. The number of benzene rings is 1. The molecule has 3 rings (SSSR count). The van der Waals surface area contributed by atoms with E-state index in [0.29, 0.717) is 11.4 Å². The van der Waals surface area contributed by atoms with Crippen LogP contribution in [-0.2, 0) is 0 Å². The van der Waals surface area contributed by atoms with Gasteiger partial charge in [-0.05, 0) is 51.1 Å². The van der Waals surface area contributed by atoms with Crippen LogP contribution in [-0.4, -0.2) is 21.8 Å². The zero-order valence-corrected chi connectivity index (χ0v) is 14.1. The second-order valence-corrected chi connectivity index (χ2v) is 5.66. The van der Waals surface area contributed by atoms with Gasteiger partial charge >= 0.3 is 0 Å². The van der Waals surface area contributed by atoms with E-state index in [9.17, 15) is 9.18 Å². The highest BCUT2D eigenvalue weighted by molar-refractivity contribution is 5.94. The Balaban J connectivity index is 1.76. The Morgan fingerprint density at radius 3 is 2.60 bits per heavy atom. The predicted molar refractivity (Wildman–Crippen MR) is 91.5 cm³/mol. The number of hydrogen-bond donors (Lipinski definition) is 1. The van der Waals surface area contributed by atoms with Gasteiger partial charge in [0.2, 0.25) is 0 Å². The number of nitrogens with zero attached hydrogens (tertiary/aromatic N) is 3. The average Bonchev–Trinajstić information content (AvgIpc) is 3.11. The quantitative estimate of drug-likeness (QED) is 0.585. The van der Waals surface area contributed by atoms with Gasteiger partial charge in [-0.2, -0.15) is 5.10 Å². The van der Waals surface area contributed by atoms with E-state index in [1.807, 2.05) is 37.5 Å². The van der Waals surface area contributed by atoms with Crippen molar-refractivity contribution in [1.82, 2.24) is 15.1 Å². The zero-order chi connectivity index (χ0) is 18.0. The molecule has 0 bridgehead atoms. The number of aryl methyl sites for hydroxylation is 2. The Hall–Kier alpha value is -3.22. The molecule has 0 aliphatic heterocycles. The second-order valence-electron chi connectivity index (χ2n) is 5.66. The van der Waals surface area contributed by atoms with E-state index in [2.05, 4.69) is 15.7 Å². The number of rotatable bonds is 4. The molecule has 128 valence electrons. The lowest BCUT2D eigenvalue weighted by molar-refractivity contribution is 0.0955. The summed E-state index contributed by atoms with van der Waals surface area (Å²) in [5.74, 6) is 0.625. The summed E-state index contributed by atoms with van der Waals surface area (Å²) in [6, 6.07) is 9.04. The SMILES string of the molecule is Cc1cc(-n2c(C)cc(/C=N\NC(=O)c3ccc(F)cc3)c2C)no1. The van der Waals surface area contributed by atoms with E-state index in [0.717, 1.165) is 22.7 Å². The smallest absolute Gasteiger partial charge is 0.271 e. The Labute approximate surface area is 143 Å². The summed E-state index contributed by atoms with van der Waals surface area (Å²) < 4.78 is 19.9. The van der Waals surface area contributed by atoms with Crippen LogP contribution in [0.3, 0.4) is 0 Å². The number of amides is 1. The van der Waals surface area contributed by atoms with Gasteiger partial charge in [-0.3, -0.25) is 9.36 Å². The average molecular weight is 340 g/mol. The molecule has 0 aliphatic carbocycles. The van der Waals surface area contributed by atoms with Gasteiger partial charge in [0, 0.05) is 28.6 Å². The van der Waals surface area contributed by atoms with E-state index >= 15 is 0 Å². The Morgan fingerprint density at radius 1 is 1.24 bits per heavy atom. The van der Waals surface area contributed by atoms with Crippen LogP contribution in [0.15, 0.2) is 46.0 Å². The first-order valence-electron chi connectivity index (χ1n) is 7.67. The highest BCUT2D eigenvalue weighted by atomic mass is 19.1. The lowest BCUT2D eigenvalue weighted by Crippen LogP contribution is -2.17. The van der Waals surface area contributed by atoms with Crippen molar-refractivity contribution in [2.75, 3.05) is 0 Å². The Bertz CT molecular complexity index is 939. The van der Waals surface area contributed by atoms with Crippen molar-refractivity contribution in [1.29, 1.82) is 0 Å².